The van der Waals surface area contributed by atoms with Crippen LogP contribution < -0.4 is 14.4 Å². The molecule has 1 spiro atoms. The number of benzene rings is 2. The molecule has 8 rings (SSSR count). The first-order valence-electron chi connectivity index (χ1n) is 17.4. The molecule has 0 saturated heterocycles. The van der Waals surface area contributed by atoms with E-state index in [-0.39, 0.29) is 17.3 Å². The van der Waals surface area contributed by atoms with E-state index in [1.807, 2.05) is 18.2 Å². The van der Waals surface area contributed by atoms with E-state index in [1.165, 1.54) is 17.5 Å². The third kappa shape index (κ3) is 6.26. The van der Waals surface area contributed by atoms with Gasteiger partial charge in [0.05, 0.1) is 29.5 Å². The highest BCUT2D eigenvalue weighted by atomic mass is 35.5. The Balaban J connectivity index is 1.21. The third-order valence-corrected chi connectivity index (χ3v) is 13.0. The van der Waals surface area contributed by atoms with E-state index in [9.17, 15) is 9.00 Å². The summed E-state index contributed by atoms with van der Waals surface area (Å²) in [6.07, 6.45) is 13.8. The van der Waals surface area contributed by atoms with Crippen molar-refractivity contribution in [2.24, 2.45) is 23.2 Å². The number of halogens is 1. The van der Waals surface area contributed by atoms with Crippen LogP contribution in [0, 0.1) is 11.8 Å². The maximum atomic E-state index is 14.6. The fourth-order valence-corrected chi connectivity index (χ4v) is 10.1. The summed E-state index contributed by atoms with van der Waals surface area (Å²) < 4.78 is 36.4. The molecular weight excluding hydrogens is 674 g/mol. The molecule has 5 atom stereocenters. The van der Waals surface area contributed by atoms with Gasteiger partial charge in [0.1, 0.15) is 22.0 Å². The van der Waals surface area contributed by atoms with Crippen LogP contribution in [0.15, 0.2) is 65.4 Å². The Morgan fingerprint density at radius 3 is 2.88 bits per heavy atom. The van der Waals surface area contributed by atoms with Gasteiger partial charge >= 0.3 is 0 Å². The van der Waals surface area contributed by atoms with Gasteiger partial charge in [-0.3, -0.25) is 14.2 Å². The second-order valence-corrected chi connectivity index (χ2v) is 16.7. The van der Waals surface area contributed by atoms with Gasteiger partial charge < -0.3 is 14.4 Å². The number of carbonyl (C=O) groups is 1. The Morgan fingerprint density at radius 1 is 1.14 bits per heavy atom. The van der Waals surface area contributed by atoms with E-state index in [2.05, 4.69) is 53.3 Å². The molecule has 1 amide bonds. The molecule has 2 aromatic heterocycles. The van der Waals surface area contributed by atoms with Crippen LogP contribution in [0.1, 0.15) is 60.0 Å². The van der Waals surface area contributed by atoms with Gasteiger partial charge in [0.15, 0.2) is 11.5 Å². The maximum absolute atomic E-state index is 14.6. The molecule has 2 aliphatic heterocycles. The monoisotopic (exact) mass is 715 g/mol. The van der Waals surface area contributed by atoms with E-state index in [1.54, 1.807) is 31.1 Å². The molecule has 11 nitrogen and oxygen atoms in total. The second-order valence-electron chi connectivity index (χ2n) is 14.2. The number of carbonyl (C=O) groups excluding carboxylic acids is 1. The van der Waals surface area contributed by atoms with E-state index < -0.39 is 15.8 Å². The quantitative estimate of drug-likeness (QED) is 0.238. The number of fused-ring (bicyclic) bond motifs is 5. The fraction of sp³-hybridized carbons (Fsp3) is 0.459. The molecule has 2 aromatic carbocycles. The van der Waals surface area contributed by atoms with Gasteiger partial charge in [-0.15, -0.1) is 4.36 Å². The van der Waals surface area contributed by atoms with Crippen LogP contribution in [-0.4, -0.2) is 68.5 Å². The third-order valence-electron chi connectivity index (χ3n) is 10.9. The zero-order chi connectivity index (χ0) is 34.5. The number of hydrogen-bond donors (Lipinski definition) is 1. The van der Waals surface area contributed by atoms with Crippen molar-refractivity contribution in [1.82, 2.24) is 19.7 Å². The topological polar surface area (TPSA) is 124 Å². The van der Waals surface area contributed by atoms with E-state index in [4.69, 9.17) is 21.1 Å². The number of anilines is 2. The van der Waals surface area contributed by atoms with Gasteiger partial charge in [0, 0.05) is 49.4 Å². The first-order valence-corrected chi connectivity index (χ1v) is 19.5. The Hall–Kier alpha value is -4.00. The van der Waals surface area contributed by atoms with Crippen molar-refractivity contribution in [2.75, 3.05) is 42.2 Å². The lowest BCUT2D eigenvalue weighted by atomic mass is 9.68. The Kier molecular flexibility index (Phi) is 8.81. The average Bonchev–Trinajstić information content (AvgIpc) is 3.41. The van der Waals surface area contributed by atoms with Crippen LogP contribution in [0.2, 0.25) is 5.02 Å². The number of allylic oxidation sites excluding steroid dienone is 1. The molecule has 2 aliphatic carbocycles. The van der Waals surface area contributed by atoms with Gasteiger partial charge in [0.2, 0.25) is 0 Å². The molecule has 1 N–H and O–H groups in total. The highest BCUT2D eigenvalue weighted by Crippen LogP contribution is 2.47. The minimum atomic E-state index is -3.30. The SMILES string of the molecule is CO[C@H]1/C=C/CCCS(=O)(Nc2ncnc3nn(C)cc23)=NC(=O)c2ccc3c(c2)N(C[C@@H]2CC[C@H]21)C[C@@]1(CCCc2cc(Cl)ccc21)CO3. The number of aryl methyl sites for hydroxylation is 2. The summed E-state index contributed by atoms with van der Waals surface area (Å²) in [4.78, 5) is 25.0. The summed E-state index contributed by atoms with van der Waals surface area (Å²) in [5.41, 5.74) is 4.02. The highest BCUT2D eigenvalue weighted by molar-refractivity contribution is 7.95. The summed E-state index contributed by atoms with van der Waals surface area (Å²) in [6, 6.07) is 11.8. The Morgan fingerprint density at radius 2 is 2.04 bits per heavy atom. The summed E-state index contributed by atoms with van der Waals surface area (Å²) >= 11 is 6.46. The standard InChI is InChI=1S/C37H42ClN7O4S/c1-44-20-29-34(41-44)39-23-40-35(29)42-50(47)16-5-3-4-8-32(48-2)28-12-9-26(28)19-45-21-37(15-6-7-24-17-27(38)11-13-30(24)37)22-49-33-14-10-25(18-31(33)45)36(46)43-50/h4,8,10-11,13-14,17-18,20,23,26,28,32H,3,5-7,9,12,15-16,19,21-22H2,1-2H3,(H,39,40,41,42,43,46,47)/b8-4+/t26-,28+,32-,37-,50?/m0/s1. The van der Waals surface area contributed by atoms with E-state index in [0.29, 0.717) is 53.7 Å². The number of nitrogens with one attached hydrogen (secondary N) is 1. The summed E-state index contributed by atoms with van der Waals surface area (Å²) in [7, 11) is 0.266. The van der Waals surface area contributed by atoms with Crippen LogP contribution >= 0.6 is 11.6 Å². The maximum Gasteiger partial charge on any atom is 0.286 e. The largest absolute Gasteiger partial charge is 0.490 e. The number of amides is 1. The number of nitrogens with zero attached hydrogens (tertiary/aromatic N) is 6. The molecule has 13 heteroatoms. The average molecular weight is 716 g/mol. The second kappa shape index (κ2) is 13.3. The van der Waals surface area contributed by atoms with Crippen LogP contribution in [0.4, 0.5) is 11.5 Å². The van der Waals surface area contributed by atoms with Crippen molar-refractivity contribution < 1.29 is 18.5 Å². The lowest BCUT2D eigenvalue weighted by molar-refractivity contribution is 0.0132. The molecule has 50 heavy (non-hydrogen) atoms. The summed E-state index contributed by atoms with van der Waals surface area (Å²) in [6.45, 7) is 2.08. The van der Waals surface area contributed by atoms with Gasteiger partial charge in [-0.25, -0.2) is 14.2 Å². The van der Waals surface area contributed by atoms with Crippen molar-refractivity contribution in [1.29, 1.82) is 0 Å². The van der Waals surface area contributed by atoms with Crippen molar-refractivity contribution >= 4 is 50.0 Å². The van der Waals surface area contributed by atoms with Crippen LogP contribution in [0.25, 0.3) is 11.0 Å². The normalized spacial score (nSPS) is 28.8. The number of aromatic nitrogens is 4. The molecule has 2 bridgehead atoms. The Labute approximate surface area is 297 Å². The molecule has 4 aliphatic rings. The lowest BCUT2D eigenvalue weighted by Gasteiger charge is -2.46. The predicted octanol–water partition coefficient (Wildman–Crippen LogP) is 6.52. The molecule has 0 radical (unpaired) electrons. The van der Waals surface area contributed by atoms with Gasteiger partial charge in [0.25, 0.3) is 5.91 Å². The molecule has 4 heterocycles. The van der Waals surface area contributed by atoms with Crippen LogP contribution in [0.3, 0.4) is 0 Å². The van der Waals surface area contributed by atoms with Gasteiger partial charge in [-0.05, 0) is 98.2 Å². The molecule has 1 fully saturated rings. The fourth-order valence-electron chi connectivity index (χ4n) is 8.30. The van der Waals surface area contributed by atoms with Gasteiger partial charge in [-0.2, -0.15) is 5.10 Å². The molecular formula is C37H42ClN7O4S. The first kappa shape index (κ1) is 33.2. The van der Waals surface area contributed by atoms with Crippen molar-refractivity contribution in [3.63, 3.8) is 0 Å². The predicted molar refractivity (Wildman–Crippen MR) is 195 cm³/mol. The van der Waals surface area contributed by atoms with Crippen LogP contribution in [-0.2, 0) is 33.5 Å². The zero-order valence-electron chi connectivity index (χ0n) is 28.4. The smallest absolute Gasteiger partial charge is 0.286 e. The highest BCUT2D eigenvalue weighted by Gasteiger charge is 2.44. The molecule has 262 valence electrons. The minimum Gasteiger partial charge on any atom is -0.490 e. The zero-order valence-corrected chi connectivity index (χ0v) is 30.0. The molecule has 1 unspecified atom stereocenters. The van der Waals surface area contributed by atoms with Crippen LogP contribution in [0.5, 0.6) is 5.75 Å². The van der Waals surface area contributed by atoms with E-state index in [0.717, 1.165) is 61.7 Å². The first-order chi connectivity index (χ1) is 24.2. The van der Waals surface area contributed by atoms with Crippen molar-refractivity contribution in [3.8, 4) is 5.75 Å². The summed E-state index contributed by atoms with van der Waals surface area (Å²) in [5.74, 6) is 1.44. The number of ether oxygens (including phenoxy) is 2. The van der Waals surface area contributed by atoms with Crippen molar-refractivity contribution in [2.45, 2.75) is 56.5 Å². The number of methoxy groups -OCH3 is 1. The minimum absolute atomic E-state index is 0.0178. The van der Waals surface area contributed by atoms with E-state index >= 15 is 0 Å². The molecule has 4 aromatic rings. The van der Waals surface area contributed by atoms with Crippen molar-refractivity contribution in [3.05, 3.63) is 82.8 Å². The lowest BCUT2D eigenvalue weighted by Crippen LogP contribution is -2.49. The van der Waals surface area contributed by atoms with Gasteiger partial charge in [-0.1, -0.05) is 29.8 Å². The Bertz CT molecular complexity index is 2110. The number of rotatable bonds is 3. The number of hydrogen-bond acceptors (Lipinski definition) is 8. The molecule has 1 saturated carbocycles. The summed E-state index contributed by atoms with van der Waals surface area (Å²) in [5, 5.41) is 5.70.